The van der Waals surface area contributed by atoms with Gasteiger partial charge in [0.25, 0.3) is 5.91 Å². The first-order valence-corrected chi connectivity index (χ1v) is 13.3. The number of nitrogens with zero attached hydrogens (tertiary/aromatic N) is 2. The lowest BCUT2D eigenvalue weighted by molar-refractivity contribution is 0.0921. The standard InChI is InChI=1S/C33H28N4O3/c1-22-30-28(34-35-32(38)27-19-10-13-23-12-8-9-18-26(23)27)20-11-21-29(30)40-31(22)33(39)36-37(24-14-4-2-5-15-24)25-16-6-3-7-17-25/h2-10,12-19H,11,20-21H2,1H3,(H,35,38)(H,36,39)/b34-28+. The summed E-state index contributed by atoms with van der Waals surface area (Å²) in [7, 11) is 0. The first-order valence-electron chi connectivity index (χ1n) is 13.3. The Morgan fingerprint density at radius 1 is 0.775 bits per heavy atom. The molecule has 1 aliphatic rings. The third-order valence-electron chi connectivity index (χ3n) is 7.10. The van der Waals surface area contributed by atoms with E-state index < -0.39 is 0 Å². The van der Waals surface area contributed by atoms with Crippen molar-refractivity contribution in [3.63, 3.8) is 0 Å². The Morgan fingerprint density at radius 2 is 1.43 bits per heavy atom. The molecule has 1 aromatic heterocycles. The Bertz CT molecular complexity index is 1680. The average molecular weight is 529 g/mol. The summed E-state index contributed by atoms with van der Waals surface area (Å²) in [5.74, 6) is 0.297. The summed E-state index contributed by atoms with van der Waals surface area (Å²) in [6.07, 6.45) is 2.18. The van der Waals surface area contributed by atoms with Crippen molar-refractivity contribution in [1.29, 1.82) is 0 Å². The second-order valence-corrected chi connectivity index (χ2v) is 9.68. The quantitative estimate of drug-likeness (QED) is 0.240. The van der Waals surface area contributed by atoms with E-state index in [0.717, 1.165) is 34.1 Å². The van der Waals surface area contributed by atoms with Gasteiger partial charge in [0.1, 0.15) is 5.76 Å². The van der Waals surface area contributed by atoms with E-state index in [1.165, 1.54) is 0 Å². The van der Waals surface area contributed by atoms with Crippen LogP contribution in [-0.2, 0) is 6.42 Å². The highest BCUT2D eigenvalue weighted by molar-refractivity contribution is 6.09. The van der Waals surface area contributed by atoms with Crippen molar-refractivity contribution in [1.82, 2.24) is 10.9 Å². The molecule has 0 spiro atoms. The SMILES string of the molecule is Cc1c(C(=O)NN(c2ccccc2)c2ccccc2)oc2c1/C(=N/NC(=O)c1cccc3ccccc13)CCC2. The van der Waals surface area contributed by atoms with E-state index in [4.69, 9.17) is 4.42 Å². The molecule has 0 fully saturated rings. The maximum Gasteiger partial charge on any atom is 0.306 e. The van der Waals surface area contributed by atoms with Gasteiger partial charge in [-0.15, -0.1) is 0 Å². The van der Waals surface area contributed by atoms with E-state index in [1.807, 2.05) is 104 Å². The molecular formula is C33H28N4O3. The largest absolute Gasteiger partial charge is 0.455 e. The minimum atomic E-state index is -0.362. The Kier molecular flexibility index (Phi) is 6.85. The molecule has 7 heteroatoms. The van der Waals surface area contributed by atoms with Gasteiger partial charge in [0.05, 0.1) is 17.1 Å². The molecular weight excluding hydrogens is 500 g/mol. The number of nitrogens with one attached hydrogen (secondary N) is 2. The van der Waals surface area contributed by atoms with Crippen LogP contribution in [0.5, 0.6) is 0 Å². The number of hydrogen-bond donors (Lipinski definition) is 2. The van der Waals surface area contributed by atoms with Gasteiger partial charge in [-0.2, -0.15) is 5.10 Å². The molecule has 1 aliphatic carbocycles. The number of anilines is 2. The summed E-state index contributed by atoms with van der Waals surface area (Å²) in [4.78, 5) is 26.7. The number of para-hydroxylation sites is 2. The molecule has 0 radical (unpaired) electrons. The number of benzene rings is 4. The van der Waals surface area contributed by atoms with Gasteiger partial charge in [-0.25, -0.2) is 5.43 Å². The first kappa shape index (κ1) is 25.1. The van der Waals surface area contributed by atoms with Crippen molar-refractivity contribution >= 4 is 39.7 Å². The second-order valence-electron chi connectivity index (χ2n) is 9.68. The van der Waals surface area contributed by atoms with Crippen molar-refractivity contribution in [3.8, 4) is 0 Å². The topological polar surface area (TPSA) is 86.9 Å². The van der Waals surface area contributed by atoms with E-state index in [1.54, 1.807) is 11.1 Å². The van der Waals surface area contributed by atoms with Gasteiger partial charge in [0.15, 0.2) is 5.76 Å². The van der Waals surface area contributed by atoms with Crippen LogP contribution in [0.1, 0.15) is 50.6 Å². The van der Waals surface area contributed by atoms with Gasteiger partial charge >= 0.3 is 5.91 Å². The first-order chi connectivity index (χ1) is 19.6. The molecule has 2 N–H and O–H groups in total. The number of aryl methyl sites for hydroxylation is 1. The minimum absolute atomic E-state index is 0.233. The highest BCUT2D eigenvalue weighted by Crippen LogP contribution is 2.31. The van der Waals surface area contributed by atoms with Crippen LogP contribution in [0.25, 0.3) is 10.8 Å². The van der Waals surface area contributed by atoms with Crippen LogP contribution in [0.2, 0.25) is 0 Å². The number of hydrazone groups is 1. The zero-order valence-electron chi connectivity index (χ0n) is 22.1. The van der Waals surface area contributed by atoms with Gasteiger partial charge in [0, 0.05) is 23.1 Å². The van der Waals surface area contributed by atoms with Crippen molar-refractivity contribution in [2.75, 3.05) is 5.01 Å². The predicted molar refractivity (Wildman–Crippen MR) is 157 cm³/mol. The van der Waals surface area contributed by atoms with Gasteiger partial charge in [-0.3, -0.25) is 20.0 Å². The van der Waals surface area contributed by atoms with Crippen LogP contribution in [0, 0.1) is 6.92 Å². The number of amides is 2. The zero-order valence-corrected chi connectivity index (χ0v) is 22.1. The number of furan rings is 1. The third-order valence-corrected chi connectivity index (χ3v) is 7.10. The molecule has 40 heavy (non-hydrogen) atoms. The average Bonchev–Trinajstić information content (AvgIpc) is 3.36. The van der Waals surface area contributed by atoms with E-state index in [-0.39, 0.29) is 17.6 Å². The number of carbonyl (C=O) groups is 2. The molecule has 2 amide bonds. The summed E-state index contributed by atoms with van der Waals surface area (Å²) >= 11 is 0. The molecule has 198 valence electrons. The smallest absolute Gasteiger partial charge is 0.306 e. The molecule has 0 aliphatic heterocycles. The van der Waals surface area contributed by atoms with E-state index in [2.05, 4.69) is 16.0 Å². The van der Waals surface area contributed by atoms with Crippen molar-refractivity contribution < 1.29 is 14.0 Å². The monoisotopic (exact) mass is 528 g/mol. The van der Waals surface area contributed by atoms with Gasteiger partial charge in [0.2, 0.25) is 0 Å². The normalized spacial score (nSPS) is 13.6. The van der Waals surface area contributed by atoms with Crippen molar-refractivity contribution in [2.24, 2.45) is 5.10 Å². The molecule has 6 rings (SSSR count). The lowest BCUT2D eigenvalue weighted by Crippen LogP contribution is -2.39. The van der Waals surface area contributed by atoms with E-state index >= 15 is 0 Å². The van der Waals surface area contributed by atoms with Gasteiger partial charge in [-0.05, 0) is 60.9 Å². The Hall–Kier alpha value is -5.17. The molecule has 0 atom stereocenters. The molecule has 0 unspecified atom stereocenters. The lowest BCUT2D eigenvalue weighted by Gasteiger charge is -2.25. The summed E-state index contributed by atoms with van der Waals surface area (Å²) in [5, 5.41) is 8.11. The van der Waals surface area contributed by atoms with Crippen LogP contribution >= 0.6 is 0 Å². The molecule has 7 nitrogen and oxygen atoms in total. The van der Waals surface area contributed by atoms with Crippen LogP contribution in [0.4, 0.5) is 11.4 Å². The lowest BCUT2D eigenvalue weighted by atomic mass is 9.93. The molecule has 4 aromatic carbocycles. The van der Waals surface area contributed by atoms with Crippen LogP contribution in [0.3, 0.4) is 0 Å². The molecule has 1 heterocycles. The van der Waals surface area contributed by atoms with Gasteiger partial charge < -0.3 is 4.42 Å². The Morgan fingerprint density at radius 3 is 2.15 bits per heavy atom. The predicted octanol–water partition coefficient (Wildman–Crippen LogP) is 6.69. The number of hydrazine groups is 1. The Balaban J connectivity index is 1.27. The zero-order chi connectivity index (χ0) is 27.5. The highest BCUT2D eigenvalue weighted by atomic mass is 16.4. The maximum atomic E-state index is 13.6. The fourth-order valence-electron chi connectivity index (χ4n) is 5.18. The number of carbonyl (C=O) groups excluding carboxylic acids is 2. The van der Waals surface area contributed by atoms with E-state index in [0.29, 0.717) is 35.4 Å². The van der Waals surface area contributed by atoms with Crippen LogP contribution in [-0.4, -0.2) is 17.5 Å². The second kappa shape index (κ2) is 10.9. The van der Waals surface area contributed by atoms with Gasteiger partial charge in [-0.1, -0.05) is 72.8 Å². The third kappa shape index (κ3) is 4.85. The fraction of sp³-hybridized carbons (Fsp3) is 0.121. The summed E-state index contributed by atoms with van der Waals surface area (Å²) in [6, 6.07) is 32.6. The molecule has 0 saturated carbocycles. The summed E-state index contributed by atoms with van der Waals surface area (Å²) in [6.45, 7) is 1.86. The fourth-order valence-corrected chi connectivity index (χ4v) is 5.18. The van der Waals surface area contributed by atoms with E-state index in [9.17, 15) is 9.59 Å². The molecule has 0 bridgehead atoms. The maximum absolute atomic E-state index is 13.6. The minimum Gasteiger partial charge on any atom is -0.455 e. The summed E-state index contributed by atoms with van der Waals surface area (Å²) < 4.78 is 6.12. The highest BCUT2D eigenvalue weighted by Gasteiger charge is 2.29. The number of fused-ring (bicyclic) bond motifs is 2. The Labute approximate surface area is 232 Å². The van der Waals surface area contributed by atoms with Crippen molar-refractivity contribution in [2.45, 2.75) is 26.2 Å². The molecule has 0 saturated heterocycles. The number of rotatable bonds is 6. The summed E-state index contributed by atoms with van der Waals surface area (Å²) in [5.41, 5.74) is 10.1. The molecule has 5 aromatic rings. The van der Waals surface area contributed by atoms with Crippen LogP contribution < -0.4 is 15.9 Å². The van der Waals surface area contributed by atoms with Crippen LogP contribution in [0.15, 0.2) is 113 Å². The van der Waals surface area contributed by atoms with Crippen molar-refractivity contribution in [3.05, 3.63) is 131 Å². The number of hydrogen-bond acceptors (Lipinski definition) is 5.